The number of hydrogen-bond donors (Lipinski definition) is 2. The first-order chi connectivity index (χ1) is 13.1. The zero-order valence-corrected chi connectivity index (χ0v) is 17.0. The summed E-state index contributed by atoms with van der Waals surface area (Å²) in [6, 6.07) is 5.32. The largest absolute Gasteiger partial charge is 0.443 e. The summed E-state index contributed by atoms with van der Waals surface area (Å²) < 4.78 is 5.41. The van der Waals surface area contributed by atoms with Crippen LogP contribution in [0.25, 0.3) is 0 Å². The van der Waals surface area contributed by atoms with Crippen LogP contribution in [0.2, 0.25) is 0 Å². The van der Waals surface area contributed by atoms with Gasteiger partial charge >= 0.3 is 6.09 Å². The van der Waals surface area contributed by atoms with Gasteiger partial charge in [0, 0.05) is 19.8 Å². The van der Waals surface area contributed by atoms with Crippen LogP contribution in [0.5, 0.6) is 0 Å². The molecule has 1 aromatic carbocycles. The number of aromatic nitrogens is 2. The molecule has 0 atom stereocenters. The van der Waals surface area contributed by atoms with Crippen molar-refractivity contribution < 1.29 is 14.3 Å². The normalized spacial score (nSPS) is 10.9. The fraction of sp³-hybridized carbons (Fsp3) is 0.368. The number of amides is 2. The molecule has 1 aromatic heterocycles. The summed E-state index contributed by atoms with van der Waals surface area (Å²) in [5, 5.41) is 2.91. The number of ether oxygens (including phenoxy) is 1. The molecule has 2 aromatic rings. The molecule has 0 radical (unpaired) electrons. The SMILES string of the molecule is CNc1c(N)ncnc1N(C=O)c1cc(C)cc(N(C)C(=O)OC(C)(C)C)c1. The lowest BCUT2D eigenvalue weighted by atomic mass is 10.1. The lowest BCUT2D eigenvalue weighted by Gasteiger charge is -2.26. The van der Waals surface area contributed by atoms with Gasteiger partial charge < -0.3 is 15.8 Å². The van der Waals surface area contributed by atoms with Crippen molar-refractivity contribution in [3.8, 4) is 0 Å². The molecule has 0 saturated carbocycles. The number of nitrogens with zero attached hydrogens (tertiary/aromatic N) is 4. The van der Waals surface area contributed by atoms with E-state index in [9.17, 15) is 9.59 Å². The molecule has 3 N–H and O–H groups in total. The molecular weight excluding hydrogens is 360 g/mol. The van der Waals surface area contributed by atoms with E-state index in [0.717, 1.165) is 5.56 Å². The highest BCUT2D eigenvalue weighted by molar-refractivity contribution is 5.94. The third-order valence-corrected chi connectivity index (χ3v) is 3.82. The highest BCUT2D eigenvalue weighted by Gasteiger charge is 2.23. The van der Waals surface area contributed by atoms with Crippen LogP contribution in [-0.2, 0) is 9.53 Å². The number of benzene rings is 1. The molecular formula is C19H26N6O3. The van der Waals surface area contributed by atoms with Gasteiger partial charge in [-0.25, -0.2) is 14.8 Å². The number of hydrogen-bond acceptors (Lipinski definition) is 7. The number of rotatable bonds is 5. The van der Waals surface area contributed by atoms with Crippen molar-refractivity contribution in [1.82, 2.24) is 9.97 Å². The number of carbonyl (C=O) groups excluding carboxylic acids is 2. The van der Waals surface area contributed by atoms with Gasteiger partial charge in [-0.1, -0.05) is 0 Å². The molecule has 2 amide bonds. The Labute approximate surface area is 164 Å². The van der Waals surface area contributed by atoms with Gasteiger partial charge in [0.05, 0.1) is 5.69 Å². The Hall–Kier alpha value is -3.36. The quantitative estimate of drug-likeness (QED) is 0.759. The molecule has 0 aliphatic heterocycles. The summed E-state index contributed by atoms with van der Waals surface area (Å²) in [4.78, 5) is 35.1. The average molecular weight is 386 g/mol. The first kappa shape index (κ1) is 20.9. The van der Waals surface area contributed by atoms with Gasteiger partial charge in [-0.05, 0) is 51.5 Å². The lowest BCUT2D eigenvalue weighted by molar-refractivity contribution is -0.106. The zero-order valence-electron chi connectivity index (χ0n) is 17.0. The van der Waals surface area contributed by atoms with E-state index in [1.807, 2.05) is 13.0 Å². The lowest BCUT2D eigenvalue weighted by Crippen LogP contribution is -2.34. The predicted octanol–water partition coefficient (Wildman–Crippen LogP) is 3.07. The van der Waals surface area contributed by atoms with E-state index in [0.29, 0.717) is 29.3 Å². The zero-order chi connectivity index (χ0) is 21.1. The molecule has 0 unspecified atom stereocenters. The summed E-state index contributed by atoms with van der Waals surface area (Å²) in [5.74, 6) is 0.527. The molecule has 2 rings (SSSR count). The number of carbonyl (C=O) groups is 2. The Balaban J connectivity index is 2.48. The van der Waals surface area contributed by atoms with Gasteiger partial charge in [-0.15, -0.1) is 0 Å². The second-order valence-electron chi connectivity index (χ2n) is 7.25. The minimum atomic E-state index is -0.618. The summed E-state index contributed by atoms with van der Waals surface area (Å²) >= 11 is 0. The maximum absolute atomic E-state index is 12.4. The van der Waals surface area contributed by atoms with Crippen LogP contribution in [0.4, 0.5) is 33.5 Å². The van der Waals surface area contributed by atoms with Crippen molar-refractivity contribution in [3.05, 3.63) is 30.1 Å². The van der Waals surface area contributed by atoms with E-state index in [4.69, 9.17) is 10.5 Å². The third-order valence-electron chi connectivity index (χ3n) is 3.82. The van der Waals surface area contributed by atoms with Crippen molar-refractivity contribution >= 4 is 41.2 Å². The Morgan fingerprint density at radius 3 is 2.43 bits per heavy atom. The van der Waals surface area contributed by atoms with E-state index < -0.39 is 11.7 Å². The van der Waals surface area contributed by atoms with Crippen LogP contribution in [0.15, 0.2) is 24.5 Å². The fourth-order valence-electron chi connectivity index (χ4n) is 2.56. The molecule has 9 heteroatoms. The summed E-state index contributed by atoms with van der Waals surface area (Å²) in [6.07, 6.45) is 1.42. The van der Waals surface area contributed by atoms with Gasteiger partial charge in [0.15, 0.2) is 11.6 Å². The van der Waals surface area contributed by atoms with E-state index in [2.05, 4.69) is 15.3 Å². The van der Waals surface area contributed by atoms with E-state index in [1.54, 1.807) is 47.0 Å². The summed E-state index contributed by atoms with van der Waals surface area (Å²) in [7, 11) is 3.28. The Morgan fingerprint density at radius 1 is 1.21 bits per heavy atom. The molecule has 0 aliphatic carbocycles. The molecule has 0 aliphatic rings. The third kappa shape index (κ3) is 4.67. The van der Waals surface area contributed by atoms with Crippen LogP contribution in [0.3, 0.4) is 0 Å². The molecule has 0 saturated heterocycles. The van der Waals surface area contributed by atoms with E-state index >= 15 is 0 Å². The topological polar surface area (TPSA) is 114 Å². The van der Waals surface area contributed by atoms with Gasteiger partial charge in [0.25, 0.3) is 0 Å². The number of anilines is 5. The molecule has 9 nitrogen and oxygen atoms in total. The monoisotopic (exact) mass is 386 g/mol. The van der Waals surface area contributed by atoms with Crippen molar-refractivity contribution in [2.75, 3.05) is 34.9 Å². The predicted molar refractivity (Wildman–Crippen MR) is 110 cm³/mol. The molecule has 28 heavy (non-hydrogen) atoms. The van der Waals surface area contributed by atoms with Crippen molar-refractivity contribution in [2.24, 2.45) is 0 Å². The van der Waals surface area contributed by atoms with Crippen molar-refractivity contribution in [3.63, 3.8) is 0 Å². The standard InChI is InChI=1S/C19H26N6O3/c1-12-7-13(24(6)18(27)28-19(2,3)4)9-14(8-12)25(11-26)17-15(21-5)16(20)22-10-23-17/h7-11,21H,1-6H3,(H2,20,22,23). The van der Waals surface area contributed by atoms with E-state index in [1.165, 1.54) is 16.1 Å². The Kier molecular flexibility index (Phi) is 6.07. The summed E-state index contributed by atoms with van der Waals surface area (Å²) in [5.41, 5.74) is 7.64. The van der Waals surface area contributed by atoms with Crippen LogP contribution >= 0.6 is 0 Å². The molecule has 0 spiro atoms. The first-order valence-corrected chi connectivity index (χ1v) is 8.68. The van der Waals surface area contributed by atoms with Crippen LogP contribution in [-0.4, -0.2) is 42.2 Å². The van der Waals surface area contributed by atoms with Gasteiger partial charge in [-0.2, -0.15) is 0 Å². The van der Waals surface area contributed by atoms with Crippen LogP contribution < -0.4 is 20.9 Å². The van der Waals surface area contributed by atoms with Gasteiger partial charge in [-0.3, -0.25) is 14.6 Å². The highest BCUT2D eigenvalue weighted by atomic mass is 16.6. The molecule has 0 bridgehead atoms. The number of aryl methyl sites for hydroxylation is 1. The highest BCUT2D eigenvalue weighted by Crippen LogP contribution is 2.34. The molecule has 1 heterocycles. The number of nitrogens with one attached hydrogen (secondary N) is 1. The average Bonchev–Trinajstić information content (AvgIpc) is 2.60. The second kappa shape index (κ2) is 8.12. The smallest absolute Gasteiger partial charge is 0.414 e. The Morgan fingerprint density at radius 2 is 1.86 bits per heavy atom. The second-order valence-corrected chi connectivity index (χ2v) is 7.25. The number of nitrogens with two attached hydrogens (primary N) is 1. The van der Waals surface area contributed by atoms with Crippen molar-refractivity contribution in [2.45, 2.75) is 33.3 Å². The number of nitrogen functional groups attached to an aromatic ring is 1. The van der Waals surface area contributed by atoms with Crippen LogP contribution in [0, 0.1) is 6.92 Å². The van der Waals surface area contributed by atoms with Crippen LogP contribution in [0.1, 0.15) is 26.3 Å². The van der Waals surface area contributed by atoms with Gasteiger partial charge in [0.1, 0.15) is 17.6 Å². The Bertz CT molecular complexity index is 878. The minimum absolute atomic E-state index is 0.220. The summed E-state index contributed by atoms with van der Waals surface area (Å²) in [6.45, 7) is 7.26. The maximum atomic E-state index is 12.4. The molecule has 150 valence electrons. The van der Waals surface area contributed by atoms with Crippen molar-refractivity contribution in [1.29, 1.82) is 0 Å². The van der Waals surface area contributed by atoms with Gasteiger partial charge in [0.2, 0.25) is 6.41 Å². The maximum Gasteiger partial charge on any atom is 0.414 e. The molecule has 0 fully saturated rings. The van der Waals surface area contributed by atoms with E-state index in [-0.39, 0.29) is 5.82 Å². The fourth-order valence-corrected chi connectivity index (χ4v) is 2.56. The first-order valence-electron chi connectivity index (χ1n) is 8.68. The minimum Gasteiger partial charge on any atom is -0.443 e.